The lowest BCUT2D eigenvalue weighted by atomic mass is 9.72. The lowest BCUT2D eigenvalue weighted by Crippen LogP contribution is -2.30. The van der Waals surface area contributed by atoms with E-state index in [-0.39, 0.29) is 22.3 Å². The summed E-state index contributed by atoms with van der Waals surface area (Å²) in [5, 5.41) is 0. The lowest BCUT2D eigenvalue weighted by Gasteiger charge is -2.31. The van der Waals surface area contributed by atoms with Crippen LogP contribution in [0.1, 0.15) is 17.0 Å². The number of allylic oxidation sites excluding steroid dienone is 4. The number of rotatable bonds is 2. The van der Waals surface area contributed by atoms with Gasteiger partial charge in [-0.05, 0) is 28.3 Å². The summed E-state index contributed by atoms with van der Waals surface area (Å²) >= 11 is 0. The van der Waals surface area contributed by atoms with E-state index in [0.717, 1.165) is 0 Å². The van der Waals surface area contributed by atoms with Crippen molar-refractivity contribution in [1.82, 2.24) is 0 Å². The first kappa shape index (κ1) is 21.6. The third-order valence-electron chi connectivity index (χ3n) is 5.12. The number of halogens is 6. The van der Waals surface area contributed by atoms with Crippen molar-refractivity contribution in [1.29, 1.82) is 0 Å². The van der Waals surface area contributed by atoms with Crippen LogP contribution >= 0.6 is 0 Å². The third kappa shape index (κ3) is 3.63. The highest BCUT2D eigenvalue weighted by Crippen LogP contribution is 2.53. The van der Waals surface area contributed by atoms with Crippen LogP contribution in [-0.2, 0) is 14.3 Å². The van der Waals surface area contributed by atoms with E-state index in [1.165, 1.54) is 48.5 Å². The number of carbonyl (C=O) groups is 2. The molecular weight excluding hydrogens is 438 g/mol. The van der Waals surface area contributed by atoms with Crippen molar-refractivity contribution in [2.45, 2.75) is 18.3 Å². The Morgan fingerprint density at radius 1 is 0.750 bits per heavy atom. The summed E-state index contributed by atoms with van der Waals surface area (Å²) in [7, 11) is 0. The second-order valence-corrected chi connectivity index (χ2v) is 7.06. The Bertz CT molecular complexity index is 1170. The van der Waals surface area contributed by atoms with E-state index >= 15 is 0 Å². The van der Waals surface area contributed by atoms with Crippen LogP contribution in [0.15, 0.2) is 89.0 Å². The summed E-state index contributed by atoms with van der Waals surface area (Å²) in [5.74, 6) is -4.05. The molecule has 2 aromatic rings. The number of carbonyl (C=O) groups excluding carboxylic acids is 2. The molecule has 164 valence electrons. The summed E-state index contributed by atoms with van der Waals surface area (Å²) in [6.45, 7) is 0. The Labute approximate surface area is 177 Å². The smallest absolute Gasteiger partial charge is 0.386 e. The topological polar surface area (TPSA) is 43.4 Å². The Morgan fingerprint density at radius 3 is 1.81 bits per heavy atom. The molecule has 0 saturated carbocycles. The van der Waals surface area contributed by atoms with Gasteiger partial charge < -0.3 is 4.74 Å². The zero-order valence-electron chi connectivity index (χ0n) is 15.9. The van der Waals surface area contributed by atoms with Gasteiger partial charge in [0.1, 0.15) is 5.57 Å². The quantitative estimate of drug-likeness (QED) is 0.337. The van der Waals surface area contributed by atoms with Gasteiger partial charge in [0.25, 0.3) is 0 Å². The van der Waals surface area contributed by atoms with E-state index in [1.54, 1.807) is 12.1 Å². The Balaban J connectivity index is 2.17. The maximum absolute atomic E-state index is 13.7. The first-order valence-corrected chi connectivity index (χ1v) is 9.22. The summed E-state index contributed by atoms with van der Waals surface area (Å²) in [5.41, 5.74) is -4.79. The molecule has 0 bridgehead atoms. The fourth-order valence-corrected chi connectivity index (χ4v) is 3.95. The van der Waals surface area contributed by atoms with Crippen LogP contribution in [0.2, 0.25) is 0 Å². The van der Waals surface area contributed by atoms with Crippen LogP contribution in [-0.4, -0.2) is 24.3 Å². The van der Waals surface area contributed by atoms with Crippen LogP contribution in [0.4, 0.5) is 26.3 Å². The number of cyclic esters (lactones) is 2. The number of esters is 2. The molecule has 0 aromatic heterocycles. The number of hydrogen-bond acceptors (Lipinski definition) is 3. The number of ether oxygens (including phenoxy) is 1. The standard InChI is InChI=1S/C23H12F6O3/c24-22(25,26)19(23(27,28)29)14-11-15-18(21(31)32-20(15)30)17(13-9-5-2-6-10-13)16(14)12-7-3-1-4-8-12/h1-11,16H. The van der Waals surface area contributed by atoms with E-state index in [4.69, 9.17) is 0 Å². The van der Waals surface area contributed by atoms with Gasteiger partial charge in [-0.25, -0.2) is 9.59 Å². The second kappa shape index (κ2) is 7.51. The molecule has 0 spiro atoms. The van der Waals surface area contributed by atoms with Gasteiger partial charge in [0.2, 0.25) is 0 Å². The van der Waals surface area contributed by atoms with Crippen molar-refractivity contribution in [3.8, 4) is 0 Å². The van der Waals surface area contributed by atoms with E-state index in [2.05, 4.69) is 4.74 Å². The average molecular weight is 450 g/mol. The highest BCUT2D eigenvalue weighted by molar-refractivity contribution is 6.23. The predicted molar refractivity (Wildman–Crippen MR) is 101 cm³/mol. The number of benzene rings is 2. The molecule has 0 amide bonds. The van der Waals surface area contributed by atoms with Crippen molar-refractivity contribution in [3.05, 3.63) is 100 Å². The lowest BCUT2D eigenvalue weighted by molar-refractivity contribution is -0.173. The van der Waals surface area contributed by atoms with Crippen molar-refractivity contribution in [2.24, 2.45) is 0 Å². The van der Waals surface area contributed by atoms with E-state index in [1.807, 2.05) is 0 Å². The molecule has 2 aromatic carbocycles. The molecule has 1 saturated heterocycles. The molecule has 9 heteroatoms. The van der Waals surface area contributed by atoms with Crippen molar-refractivity contribution in [3.63, 3.8) is 0 Å². The Morgan fingerprint density at radius 2 is 1.28 bits per heavy atom. The molecular formula is C23H12F6O3. The van der Waals surface area contributed by atoms with Gasteiger partial charge in [-0.3, -0.25) is 0 Å². The van der Waals surface area contributed by atoms with E-state index in [0.29, 0.717) is 6.08 Å². The Hall–Kier alpha value is -3.62. The van der Waals surface area contributed by atoms with E-state index < -0.39 is 46.9 Å². The fraction of sp³-hybridized carbons (Fsp3) is 0.130. The molecule has 1 heterocycles. The van der Waals surface area contributed by atoms with Crippen LogP contribution in [0.25, 0.3) is 5.57 Å². The molecule has 2 aliphatic rings. The zero-order valence-corrected chi connectivity index (χ0v) is 15.9. The number of alkyl halides is 6. The van der Waals surface area contributed by atoms with Crippen molar-refractivity contribution in [2.75, 3.05) is 0 Å². The molecule has 1 aliphatic carbocycles. The molecule has 0 N–H and O–H groups in total. The molecule has 1 unspecified atom stereocenters. The molecule has 4 rings (SSSR count). The highest BCUT2D eigenvalue weighted by atomic mass is 19.4. The predicted octanol–water partition coefficient (Wildman–Crippen LogP) is 5.67. The van der Waals surface area contributed by atoms with E-state index in [9.17, 15) is 35.9 Å². The van der Waals surface area contributed by atoms with Crippen molar-refractivity contribution < 1.29 is 40.7 Å². The van der Waals surface area contributed by atoms with Crippen LogP contribution in [0, 0.1) is 0 Å². The molecule has 0 radical (unpaired) electrons. The molecule has 3 nitrogen and oxygen atoms in total. The summed E-state index contributed by atoms with van der Waals surface area (Å²) in [6.07, 6.45) is -11.1. The minimum atomic E-state index is -5.77. The van der Waals surface area contributed by atoms with Crippen molar-refractivity contribution >= 4 is 17.5 Å². The van der Waals surface area contributed by atoms with Gasteiger partial charge in [-0.15, -0.1) is 0 Å². The van der Waals surface area contributed by atoms with Crippen LogP contribution < -0.4 is 0 Å². The summed E-state index contributed by atoms with van der Waals surface area (Å²) < 4.78 is 86.9. The molecule has 1 fully saturated rings. The first-order chi connectivity index (χ1) is 15.0. The van der Waals surface area contributed by atoms with Gasteiger partial charge in [0, 0.05) is 5.92 Å². The summed E-state index contributed by atoms with van der Waals surface area (Å²) in [4.78, 5) is 24.6. The monoisotopic (exact) mass is 450 g/mol. The number of fused-ring (bicyclic) bond motifs is 1. The minimum Gasteiger partial charge on any atom is -0.386 e. The Kier molecular flexibility index (Phi) is 5.07. The van der Waals surface area contributed by atoms with Gasteiger partial charge in [-0.1, -0.05) is 60.7 Å². The SMILES string of the molecule is O=C1OC(=O)C2=C(c3ccccc3)C(c3ccccc3)C(=C(C(F)(F)F)C(F)(F)F)C=C12. The second-order valence-electron chi connectivity index (χ2n) is 7.06. The highest BCUT2D eigenvalue weighted by Gasteiger charge is 2.55. The molecule has 1 aliphatic heterocycles. The third-order valence-corrected chi connectivity index (χ3v) is 5.12. The van der Waals surface area contributed by atoms with Gasteiger partial charge >= 0.3 is 24.3 Å². The van der Waals surface area contributed by atoms with Gasteiger partial charge in [-0.2, -0.15) is 26.3 Å². The fourth-order valence-electron chi connectivity index (χ4n) is 3.95. The van der Waals surface area contributed by atoms with Crippen LogP contribution in [0.5, 0.6) is 0 Å². The molecule has 32 heavy (non-hydrogen) atoms. The maximum atomic E-state index is 13.7. The minimum absolute atomic E-state index is 0.0855. The molecule has 1 atom stereocenters. The van der Waals surface area contributed by atoms with Gasteiger partial charge in [0.15, 0.2) is 0 Å². The van der Waals surface area contributed by atoms with Crippen LogP contribution in [0.3, 0.4) is 0 Å². The zero-order chi connectivity index (χ0) is 23.3. The largest absolute Gasteiger partial charge is 0.421 e. The average Bonchev–Trinajstić information content (AvgIpc) is 2.99. The normalized spacial score (nSPS) is 19.0. The van der Waals surface area contributed by atoms with Gasteiger partial charge in [0.05, 0.1) is 11.1 Å². The first-order valence-electron chi connectivity index (χ1n) is 9.22. The maximum Gasteiger partial charge on any atom is 0.421 e. The number of hydrogen-bond donors (Lipinski definition) is 0. The summed E-state index contributed by atoms with van der Waals surface area (Å²) in [6, 6.07) is 14.7.